The summed E-state index contributed by atoms with van der Waals surface area (Å²) in [4.78, 5) is 24.5. The van der Waals surface area contributed by atoms with Gasteiger partial charge < -0.3 is 24.8 Å². The number of aliphatic carboxylic acids is 2. The van der Waals surface area contributed by atoms with Gasteiger partial charge in [-0.3, -0.25) is 4.79 Å². The lowest BCUT2D eigenvalue weighted by Crippen LogP contribution is -2.65. The molecule has 12 atom stereocenters. The molecule has 7 heteroatoms. The van der Waals surface area contributed by atoms with Crippen LogP contribution in [0.2, 0.25) is 0 Å². The van der Waals surface area contributed by atoms with Crippen molar-refractivity contribution >= 4 is 11.9 Å². The molecular formula is C36H54O7. The summed E-state index contributed by atoms with van der Waals surface area (Å²) in [7, 11) is 0. The van der Waals surface area contributed by atoms with E-state index in [4.69, 9.17) is 9.47 Å². The first-order valence-corrected chi connectivity index (χ1v) is 16.8. The fourth-order valence-electron chi connectivity index (χ4n) is 12.2. The van der Waals surface area contributed by atoms with Gasteiger partial charge in [-0.1, -0.05) is 58.4 Å². The van der Waals surface area contributed by atoms with Crippen LogP contribution in [0.25, 0.3) is 0 Å². The highest BCUT2D eigenvalue weighted by Crippen LogP contribution is 2.76. The van der Waals surface area contributed by atoms with E-state index >= 15 is 0 Å². The lowest BCUT2D eigenvalue weighted by molar-refractivity contribution is -0.278. The molecule has 3 N–H and O–H groups in total. The molecule has 6 rings (SSSR count). The second kappa shape index (κ2) is 10.2. The summed E-state index contributed by atoms with van der Waals surface area (Å²) in [5.74, 6) is -0.531. The molecule has 240 valence electrons. The molecule has 0 spiro atoms. The minimum atomic E-state index is -1.24. The number of carbonyl (C=O) groups is 2. The standard InChI is InChI=1S/C36H54O7/c1-20(2)21-12-17-36(31(40)41)19-18-34(6)22(28(21)36)8-10-25-33(5)15-14-26(32(3,4)24(33)13-16-35(25,34)7)42-27-11-9-23(37)29(43-27)30(38)39/h8,21,23-29,37H,1,9-19H2,2-7H3,(H,38,39)(H,40,41)/t21?,23-,24?,25?,26-,27+,28?,29?,33-,34+,35+,36-/m0/s1. The molecule has 6 aliphatic rings. The zero-order valence-corrected chi connectivity index (χ0v) is 27.2. The molecule has 4 saturated carbocycles. The van der Waals surface area contributed by atoms with Gasteiger partial charge in [-0.2, -0.15) is 0 Å². The van der Waals surface area contributed by atoms with Crippen LogP contribution in [0.5, 0.6) is 0 Å². The van der Waals surface area contributed by atoms with Crippen molar-refractivity contribution in [3.05, 3.63) is 23.8 Å². The molecule has 43 heavy (non-hydrogen) atoms. The number of hydrogen-bond donors (Lipinski definition) is 3. The zero-order valence-electron chi connectivity index (χ0n) is 27.2. The van der Waals surface area contributed by atoms with Crippen LogP contribution in [0.15, 0.2) is 23.8 Å². The van der Waals surface area contributed by atoms with Crippen LogP contribution in [0.4, 0.5) is 0 Å². The number of hydrogen-bond acceptors (Lipinski definition) is 5. The number of aliphatic hydroxyl groups excluding tert-OH is 1. The number of carboxylic acid groups (broad SMARTS) is 2. The van der Waals surface area contributed by atoms with Crippen molar-refractivity contribution in [1.29, 1.82) is 0 Å². The van der Waals surface area contributed by atoms with Gasteiger partial charge in [0.1, 0.15) is 0 Å². The third-order valence-corrected chi connectivity index (χ3v) is 14.7. The Bertz CT molecular complexity index is 1220. The second-order valence-electron chi connectivity index (χ2n) is 16.7. The largest absolute Gasteiger partial charge is 0.481 e. The first-order valence-electron chi connectivity index (χ1n) is 16.8. The van der Waals surface area contributed by atoms with Crippen LogP contribution in [-0.4, -0.2) is 51.9 Å². The summed E-state index contributed by atoms with van der Waals surface area (Å²) in [5, 5.41) is 30.2. The molecule has 0 radical (unpaired) electrons. The monoisotopic (exact) mass is 598 g/mol. The molecule has 5 unspecified atom stereocenters. The van der Waals surface area contributed by atoms with Crippen LogP contribution < -0.4 is 0 Å². The molecule has 0 amide bonds. The van der Waals surface area contributed by atoms with Crippen molar-refractivity contribution in [2.75, 3.05) is 0 Å². The van der Waals surface area contributed by atoms with Crippen molar-refractivity contribution in [3.63, 3.8) is 0 Å². The topological polar surface area (TPSA) is 113 Å². The molecule has 0 aromatic carbocycles. The first kappa shape index (κ1) is 31.3. The van der Waals surface area contributed by atoms with E-state index in [1.54, 1.807) is 0 Å². The van der Waals surface area contributed by atoms with E-state index in [-0.39, 0.29) is 39.6 Å². The highest BCUT2D eigenvalue weighted by molar-refractivity contribution is 5.77. The Morgan fingerprint density at radius 1 is 0.930 bits per heavy atom. The predicted octanol–water partition coefficient (Wildman–Crippen LogP) is 6.98. The Labute approximate surface area is 257 Å². The summed E-state index contributed by atoms with van der Waals surface area (Å²) < 4.78 is 12.3. The van der Waals surface area contributed by atoms with E-state index in [9.17, 15) is 24.9 Å². The van der Waals surface area contributed by atoms with Gasteiger partial charge in [-0.15, -0.1) is 0 Å². The van der Waals surface area contributed by atoms with Crippen molar-refractivity contribution in [2.24, 2.45) is 50.7 Å². The third-order valence-electron chi connectivity index (χ3n) is 14.7. The normalized spacial score (nSPS) is 50.3. The number of carboxylic acids is 2. The summed E-state index contributed by atoms with van der Waals surface area (Å²) in [6.07, 6.45) is 8.96. The highest BCUT2D eigenvalue weighted by Gasteiger charge is 2.70. The van der Waals surface area contributed by atoms with Gasteiger partial charge in [0.25, 0.3) is 0 Å². The Kier molecular flexibility index (Phi) is 7.39. The molecule has 1 aliphatic heterocycles. The molecule has 0 bridgehead atoms. The summed E-state index contributed by atoms with van der Waals surface area (Å²) in [6.45, 7) is 18.6. The van der Waals surface area contributed by atoms with E-state index in [0.717, 1.165) is 63.4 Å². The maximum absolute atomic E-state index is 12.9. The molecule has 5 fully saturated rings. The second-order valence-corrected chi connectivity index (χ2v) is 16.7. The molecule has 5 aliphatic carbocycles. The summed E-state index contributed by atoms with van der Waals surface area (Å²) >= 11 is 0. The third kappa shape index (κ3) is 4.22. The SMILES string of the molecule is C=C(C)C1CC[C@]2(C(=O)O)CC[C@]3(C)C(=CCC4[C@@]5(C)CC[C@H](O[C@H]6CC[C@H](O)C(C(=O)O)O6)C(C)(C)C5CC[C@]43C)C12. The van der Waals surface area contributed by atoms with Crippen LogP contribution >= 0.6 is 0 Å². The van der Waals surface area contributed by atoms with Crippen LogP contribution in [-0.2, 0) is 19.1 Å². The van der Waals surface area contributed by atoms with Crippen molar-refractivity contribution in [1.82, 2.24) is 0 Å². The predicted molar refractivity (Wildman–Crippen MR) is 163 cm³/mol. The highest BCUT2D eigenvalue weighted by atomic mass is 16.7. The zero-order chi connectivity index (χ0) is 31.3. The maximum atomic E-state index is 12.9. The number of fused-ring (bicyclic) bond motifs is 7. The van der Waals surface area contributed by atoms with Gasteiger partial charge in [0.15, 0.2) is 12.4 Å². The first-order chi connectivity index (χ1) is 20.0. The smallest absolute Gasteiger partial charge is 0.335 e. The van der Waals surface area contributed by atoms with E-state index in [2.05, 4.69) is 54.2 Å². The van der Waals surface area contributed by atoms with Gasteiger partial charge >= 0.3 is 11.9 Å². The molecule has 0 aromatic heterocycles. The number of allylic oxidation sites excluding steroid dienone is 3. The lowest BCUT2D eigenvalue weighted by Gasteiger charge is -2.70. The molecular weight excluding hydrogens is 544 g/mol. The summed E-state index contributed by atoms with van der Waals surface area (Å²) in [6, 6.07) is 0. The molecule has 7 nitrogen and oxygen atoms in total. The van der Waals surface area contributed by atoms with E-state index in [1.165, 1.54) is 5.57 Å². The Balaban J connectivity index is 1.29. The Morgan fingerprint density at radius 2 is 1.65 bits per heavy atom. The molecule has 0 aromatic rings. The average molecular weight is 599 g/mol. The van der Waals surface area contributed by atoms with Crippen molar-refractivity contribution in [2.45, 2.75) is 137 Å². The lowest BCUT2D eigenvalue weighted by atomic mass is 9.34. The molecule has 1 saturated heterocycles. The summed E-state index contributed by atoms with van der Waals surface area (Å²) in [5.41, 5.74) is 1.93. The average Bonchev–Trinajstić information content (AvgIpc) is 3.33. The number of aliphatic hydroxyl groups is 1. The van der Waals surface area contributed by atoms with E-state index in [0.29, 0.717) is 24.7 Å². The fourth-order valence-corrected chi connectivity index (χ4v) is 12.2. The quantitative estimate of drug-likeness (QED) is 0.231. The van der Waals surface area contributed by atoms with E-state index in [1.807, 2.05) is 0 Å². The van der Waals surface area contributed by atoms with Gasteiger partial charge in [-0.05, 0) is 111 Å². The number of ether oxygens (including phenoxy) is 2. The maximum Gasteiger partial charge on any atom is 0.335 e. The van der Waals surface area contributed by atoms with Gasteiger partial charge in [0.05, 0.1) is 17.6 Å². The van der Waals surface area contributed by atoms with Crippen LogP contribution in [0.1, 0.15) is 112 Å². The Hall–Kier alpha value is -1.70. The fraction of sp³-hybridized carbons (Fsp3) is 0.833. The van der Waals surface area contributed by atoms with Gasteiger partial charge in [-0.25, -0.2) is 4.79 Å². The minimum Gasteiger partial charge on any atom is -0.481 e. The van der Waals surface area contributed by atoms with Gasteiger partial charge in [0.2, 0.25) is 0 Å². The van der Waals surface area contributed by atoms with Crippen molar-refractivity contribution < 1.29 is 34.4 Å². The van der Waals surface area contributed by atoms with Crippen molar-refractivity contribution in [3.8, 4) is 0 Å². The molecule has 1 heterocycles. The minimum absolute atomic E-state index is 0.0360. The number of rotatable bonds is 5. The van der Waals surface area contributed by atoms with E-state index < -0.39 is 35.9 Å². The van der Waals surface area contributed by atoms with Gasteiger partial charge in [0, 0.05) is 12.3 Å². The Morgan fingerprint density at radius 3 is 2.30 bits per heavy atom. The van der Waals surface area contributed by atoms with Crippen LogP contribution in [0.3, 0.4) is 0 Å². The van der Waals surface area contributed by atoms with Crippen LogP contribution in [0, 0.1) is 50.7 Å².